The average molecular weight is 370 g/mol. The van der Waals surface area contributed by atoms with Crippen molar-refractivity contribution in [1.29, 1.82) is 0 Å². The predicted molar refractivity (Wildman–Crippen MR) is 105 cm³/mol. The van der Waals surface area contributed by atoms with Gasteiger partial charge in [0.1, 0.15) is 5.75 Å². The van der Waals surface area contributed by atoms with Gasteiger partial charge in [0, 0.05) is 12.2 Å². The van der Waals surface area contributed by atoms with Gasteiger partial charge >= 0.3 is 5.97 Å². The zero-order chi connectivity index (χ0) is 20.0. The van der Waals surface area contributed by atoms with Crippen molar-refractivity contribution in [2.75, 3.05) is 33.1 Å². The Kier molecular flexibility index (Phi) is 6.96. The highest BCUT2D eigenvalue weighted by atomic mass is 16.5. The van der Waals surface area contributed by atoms with Gasteiger partial charge in [-0.2, -0.15) is 0 Å². The summed E-state index contributed by atoms with van der Waals surface area (Å²) in [5, 5.41) is 2.83. The number of nitrogens with zero attached hydrogens (tertiary/aromatic N) is 1. The fraction of sp³-hybridized carbons (Fsp3) is 0.333. The highest BCUT2D eigenvalue weighted by molar-refractivity contribution is 5.93. The van der Waals surface area contributed by atoms with Crippen LogP contribution in [0.25, 0.3) is 0 Å². The lowest BCUT2D eigenvalue weighted by atomic mass is 10.1. The highest BCUT2D eigenvalue weighted by Gasteiger charge is 2.11. The molecule has 0 heterocycles. The molecule has 6 nitrogen and oxygen atoms in total. The minimum absolute atomic E-state index is 0.120. The number of methoxy groups -OCH3 is 2. The first-order valence-electron chi connectivity index (χ1n) is 8.65. The van der Waals surface area contributed by atoms with Gasteiger partial charge in [-0.1, -0.05) is 12.1 Å². The number of hydrogen-bond acceptors (Lipinski definition) is 5. The Bertz CT molecular complexity index is 792. The monoisotopic (exact) mass is 370 g/mol. The molecule has 0 aliphatic carbocycles. The molecule has 144 valence electrons. The molecule has 6 heteroatoms. The third-order valence-corrected chi connectivity index (χ3v) is 4.18. The van der Waals surface area contributed by atoms with E-state index in [2.05, 4.69) is 22.2 Å². The third-order valence-electron chi connectivity index (χ3n) is 4.18. The predicted octanol–water partition coefficient (Wildman–Crippen LogP) is 3.17. The minimum Gasteiger partial charge on any atom is -0.496 e. The summed E-state index contributed by atoms with van der Waals surface area (Å²) in [6.45, 7) is 4.93. The highest BCUT2D eigenvalue weighted by Crippen LogP contribution is 2.24. The first kappa shape index (κ1) is 20.5. The largest absolute Gasteiger partial charge is 0.496 e. The Labute approximate surface area is 160 Å². The van der Waals surface area contributed by atoms with Crippen molar-refractivity contribution in [2.45, 2.75) is 20.4 Å². The van der Waals surface area contributed by atoms with Gasteiger partial charge in [-0.15, -0.1) is 0 Å². The number of likely N-dealkylation sites (N-methyl/N-ethyl adjacent to an activating group) is 1. The molecule has 0 spiro atoms. The first-order chi connectivity index (χ1) is 12.8. The molecular weight excluding hydrogens is 344 g/mol. The molecule has 0 bridgehead atoms. The van der Waals surface area contributed by atoms with Crippen LogP contribution in [0.3, 0.4) is 0 Å². The molecule has 0 unspecified atom stereocenters. The molecule has 0 aliphatic heterocycles. The van der Waals surface area contributed by atoms with E-state index in [-0.39, 0.29) is 12.5 Å². The summed E-state index contributed by atoms with van der Waals surface area (Å²) >= 11 is 0. The van der Waals surface area contributed by atoms with Crippen molar-refractivity contribution in [3.63, 3.8) is 0 Å². The molecule has 0 aromatic heterocycles. The van der Waals surface area contributed by atoms with Crippen LogP contribution in [-0.2, 0) is 16.1 Å². The van der Waals surface area contributed by atoms with Gasteiger partial charge in [0.15, 0.2) is 0 Å². The third kappa shape index (κ3) is 5.56. The van der Waals surface area contributed by atoms with Gasteiger partial charge < -0.3 is 14.8 Å². The van der Waals surface area contributed by atoms with Gasteiger partial charge in [-0.25, -0.2) is 4.79 Å². The number of aryl methyl sites for hydroxylation is 2. The van der Waals surface area contributed by atoms with Crippen LogP contribution >= 0.6 is 0 Å². The molecule has 2 rings (SSSR count). The van der Waals surface area contributed by atoms with Crippen LogP contribution < -0.4 is 10.1 Å². The smallest absolute Gasteiger partial charge is 0.337 e. The Balaban J connectivity index is 1.93. The summed E-state index contributed by atoms with van der Waals surface area (Å²) in [5.41, 5.74) is 4.37. The van der Waals surface area contributed by atoms with Crippen LogP contribution in [0, 0.1) is 13.8 Å². The lowest BCUT2D eigenvalue weighted by molar-refractivity contribution is -0.117. The number of anilines is 1. The lowest BCUT2D eigenvalue weighted by Gasteiger charge is -2.18. The van der Waals surface area contributed by atoms with E-state index in [0.29, 0.717) is 17.8 Å². The number of nitrogens with one attached hydrogen (secondary N) is 1. The number of amides is 1. The Morgan fingerprint density at radius 1 is 1.04 bits per heavy atom. The van der Waals surface area contributed by atoms with Crippen LogP contribution in [-0.4, -0.2) is 44.6 Å². The number of ether oxygens (including phenoxy) is 2. The number of esters is 1. The summed E-state index contributed by atoms with van der Waals surface area (Å²) < 4.78 is 10.0. The molecule has 0 aliphatic rings. The van der Waals surface area contributed by atoms with Crippen LogP contribution in [0.2, 0.25) is 0 Å². The second-order valence-corrected chi connectivity index (χ2v) is 6.55. The average Bonchev–Trinajstić information content (AvgIpc) is 2.61. The normalized spacial score (nSPS) is 10.6. The van der Waals surface area contributed by atoms with E-state index < -0.39 is 5.97 Å². The van der Waals surface area contributed by atoms with E-state index in [0.717, 1.165) is 22.4 Å². The maximum atomic E-state index is 12.3. The second-order valence-electron chi connectivity index (χ2n) is 6.55. The number of benzene rings is 2. The minimum atomic E-state index is -0.405. The quantitative estimate of drug-likeness (QED) is 0.758. The standard InChI is InChI=1S/C21H26N2O4/c1-14-10-16(11-15(2)20(14)26-4)12-23(3)13-19(24)22-18-8-6-17(7-9-18)21(25)27-5/h6-11H,12-13H2,1-5H3,(H,22,24). The summed E-state index contributed by atoms with van der Waals surface area (Å²) in [6.07, 6.45) is 0. The van der Waals surface area contributed by atoms with E-state index in [1.54, 1.807) is 31.4 Å². The molecular formula is C21H26N2O4. The molecule has 0 fully saturated rings. The molecule has 2 aromatic rings. The van der Waals surface area contributed by atoms with Crippen LogP contribution in [0.1, 0.15) is 27.0 Å². The van der Waals surface area contributed by atoms with Gasteiger partial charge in [0.05, 0.1) is 26.3 Å². The second kappa shape index (κ2) is 9.19. The fourth-order valence-electron chi connectivity index (χ4n) is 3.07. The summed E-state index contributed by atoms with van der Waals surface area (Å²) in [5.74, 6) is 0.373. The topological polar surface area (TPSA) is 67.9 Å². The molecule has 0 saturated heterocycles. The van der Waals surface area contributed by atoms with Crippen molar-refractivity contribution >= 4 is 17.6 Å². The van der Waals surface area contributed by atoms with E-state index >= 15 is 0 Å². The molecule has 1 N–H and O–H groups in total. The van der Waals surface area contributed by atoms with E-state index in [9.17, 15) is 9.59 Å². The van der Waals surface area contributed by atoms with Gasteiger partial charge in [-0.3, -0.25) is 9.69 Å². The fourth-order valence-corrected chi connectivity index (χ4v) is 3.07. The van der Waals surface area contributed by atoms with Gasteiger partial charge in [0.25, 0.3) is 0 Å². The zero-order valence-electron chi connectivity index (χ0n) is 16.5. The summed E-state index contributed by atoms with van der Waals surface area (Å²) in [4.78, 5) is 25.6. The first-order valence-corrected chi connectivity index (χ1v) is 8.65. The molecule has 0 atom stereocenters. The SMILES string of the molecule is COC(=O)c1ccc(NC(=O)CN(C)Cc2cc(C)c(OC)c(C)c2)cc1. The Morgan fingerprint density at radius 2 is 1.63 bits per heavy atom. The van der Waals surface area contributed by atoms with Crippen LogP contribution in [0.5, 0.6) is 5.75 Å². The van der Waals surface area contributed by atoms with Crippen molar-refractivity contribution in [1.82, 2.24) is 4.90 Å². The number of carbonyl (C=O) groups excluding carboxylic acids is 2. The molecule has 1 amide bonds. The van der Waals surface area contributed by atoms with Crippen molar-refractivity contribution in [3.05, 3.63) is 58.7 Å². The van der Waals surface area contributed by atoms with Crippen molar-refractivity contribution < 1.29 is 19.1 Å². The maximum Gasteiger partial charge on any atom is 0.337 e. The number of hydrogen-bond donors (Lipinski definition) is 1. The molecule has 27 heavy (non-hydrogen) atoms. The number of rotatable bonds is 7. The molecule has 0 saturated carbocycles. The zero-order valence-corrected chi connectivity index (χ0v) is 16.5. The van der Waals surface area contributed by atoms with E-state index in [1.807, 2.05) is 25.8 Å². The lowest BCUT2D eigenvalue weighted by Crippen LogP contribution is -2.29. The Morgan fingerprint density at radius 3 is 2.15 bits per heavy atom. The Hall–Kier alpha value is -2.86. The van der Waals surface area contributed by atoms with Gasteiger partial charge in [0.2, 0.25) is 5.91 Å². The van der Waals surface area contributed by atoms with E-state index in [1.165, 1.54) is 7.11 Å². The van der Waals surface area contributed by atoms with Gasteiger partial charge in [-0.05, 0) is 61.9 Å². The molecule has 0 radical (unpaired) electrons. The number of carbonyl (C=O) groups is 2. The molecule has 2 aromatic carbocycles. The van der Waals surface area contributed by atoms with Crippen LogP contribution in [0.15, 0.2) is 36.4 Å². The van der Waals surface area contributed by atoms with E-state index in [4.69, 9.17) is 4.74 Å². The van der Waals surface area contributed by atoms with Crippen molar-refractivity contribution in [3.8, 4) is 5.75 Å². The maximum absolute atomic E-state index is 12.3. The van der Waals surface area contributed by atoms with Crippen molar-refractivity contribution in [2.24, 2.45) is 0 Å². The summed E-state index contributed by atoms with van der Waals surface area (Å²) in [6, 6.07) is 10.8. The van der Waals surface area contributed by atoms with Crippen LogP contribution in [0.4, 0.5) is 5.69 Å². The summed E-state index contributed by atoms with van der Waals surface area (Å²) in [7, 11) is 4.90.